The Morgan fingerprint density at radius 1 is 1.47 bits per heavy atom. The van der Waals surface area contributed by atoms with Gasteiger partial charge in [0.15, 0.2) is 0 Å². The maximum absolute atomic E-state index is 10.8. The largest absolute Gasteiger partial charge is 0.481 e. The van der Waals surface area contributed by atoms with Crippen molar-refractivity contribution in [3.05, 3.63) is 0 Å². The van der Waals surface area contributed by atoms with Crippen LogP contribution in [-0.4, -0.2) is 21.8 Å². The van der Waals surface area contributed by atoms with Crippen LogP contribution in [0.4, 0.5) is 0 Å². The molecule has 0 aliphatic heterocycles. The smallest absolute Gasteiger partial charge is 0.306 e. The number of rotatable bonds is 3. The molecule has 3 unspecified atom stereocenters. The third-order valence-electron chi connectivity index (χ3n) is 3.62. The zero-order valence-electron chi connectivity index (χ0n) is 9.86. The van der Waals surface area contributed by atoms with E-state index in [0.717, 1.165) is 12.8 Å². The summed E-state index contributed by atoms with van der Waals surface area (Å²) in [6, 6.07) is 0. The minimum Gasteiger partial charge on any atom is -0.481 e. The van der Waals surface area contributed by atoms with Crippen LogP contribution in [0.3, 0.4) is 0 Å². The van der Waals surface area contributed by atoms with Crippen LogP contribution in [0, 0.1) is 17.8 Å². The van der Waals surface area contributed by atoms with Crippen molar-refractivity contribution < 1.29 is 15.0 Å². The molecule has 88 valence electrons. The quantitative estimate of drug-likeness (QED) is 0.757. The van der Waals surface area contributed by atoms with Gasteiger partial charge in [-0.3, -0.25) is 4.79 Å². The Bertz CT molecular complexity index is 237. The number of carboxylic acid groups (broad SMARTS) is 1. The Hall–Kier alpha value is -0.570. The van der Waals surface area contributed by atoms with Crippen LogP contribution in [0.5, 0.6) is 0 Å². The van der Waals surface area contributed by atoms with Crippen molar-refractivity contribution in [3.63, 3.8) is 0 Å². The average molecular weight is 214 g/mol. The second kappa shape index (κ2) is 4.52. The zero-order chi connectivity index (χ0) is 11.6. The molecule has 1 aliphatic rings. The Kier molecular flexibility index (Phi) is 3.77. The first kappa shape index (κ1) is 12.5. The van der Waals surface area contributed by atoms with E-state index < -0.39 is 11.6 Å². The summed E-state index contributed by atoms with van der Waals surface area (Å²) in [5.41, 5.74) is -0.988. The molecule has 1 fully saturated rings. The van der Waals surface area contributed by atoms with Crippen molar-refractivity contribution in [2.75, 3.05) is 0 Å². The second-order valence-electron chi connectivity index (χ2n) is 5.41. The first-order valence-corrected chi connectivity index (χ1v) is 5.79. The van der Waals surface area contributed by atoms with Crippen molar-refractivity contribution in [2.45, 2.75) is 52.1 Å². The lowest BCUT2D eigenvalue weighted by atomic mass is 9.66. The normalized spacial score (nSPS) is 36.9. The molecule has 1 saturated carbocycles. The van der Waals surface area contributed by atoms with Gasteiger partial charge in [0, 0.05) is 0 Å². The van der Waals surface area contributed by atoms with Gasteiger partial charge in [-0.1, -0.05) is 27.2 Å². The second-order valence-corrected chi connectivity index (χ2v) is 5.41. The van der Waals surface area contributed by atoms with Crippen LogP contribution in [-0.2, 0) is 4.79 Å². The van der Waals surface area contributed by atoms with Gasteiger partial charge < -0.3 is 10.2 Å². The maximum atomic E-state index is 10.8. The number of aliphatic carboxylic acids is 1. The summed E-state index contributed by atoms with van der Waals surface area (Å²) in [7, 11) is 0. The number of aliphatic hydroxyl groups is 1. The molecule has 0 heterocycles. The summed E-state index contributed by atoms with van der Waals surface area (Å²) in [5.74, 6) is 0.0215. The van der Waals surface area contributed by atoms with Gasteiger partial charge in [-0.15, -0.1) is 0 Å². The van der Waals surface area contributed by atoms with E-state index in [9.17, 15) is 9.90 Å². The van der Waals surface area contributed by atoms with E-state index in [1.807, 2.05) is 0 Å². The van der Waals surface area contributed by atoms with E-state index in [4.69, 9.17) is 5.11 Å². The number of carboxylic acids is 1. The highest BCUT2D eigenvalue weighted by atomic mass is 16.4. The van der Waals surface area contributed by atoms with Gasteiger partial charge in [-0.2, -0.15) is 0 Å². The van der Waals surface area contributed by atoms with Gasteiger partial charge in [0.2, 0.25) is 0 Å². The van der Waals surface area contributed by atoms with Gasteiger partial charge >= 0.3 is 5.97 Å². The molecule has 1 rings (SSSR count). The molecular weight excluding hydrogens is 192 g/mol. The zero-order valence-corrected chi connectivity index (χ0v) is 9.86. The molecule has 3 nitrogen and oxygen atoms in total. The molecule has 0 aromatic rings. The number of hydrogen-bond acceptors (Lipinski definition) is 2. The SMILES string of the molecule is CC1CCC(C(C)C)C(O)(CC(=O)O)C1. The number of carbonyl (C=O) groups is 1. The summed E-state index contributed by atoms with van der Waals surface area (Å²) in [6.45, 7) is 6.21. The number of hydrogen-bond donors (Lipinski definition) is 2. The van der Waals surface area contributed by atoms with Crippen molar-refractivity contribution in [2.24, 2.45) is 17.8 Å². The fourth-order valence-electron chi connectivity index (χ4n) is 3.01. The first-order chi connectivity index (χ1) is 6.85. The molecule has 0 aromatic heterocycles. The summed E-state index contributed by atoms with van der Waals surface area (Å²) in [5, 5.41) is 19.3. The summed E-state index contributed by atoms with van der Waals surface area (Å²) < 4.78 is 0. The molecule has 0 spiro atoms. The third kappa shape index (κ3) is 2.94. The Labute approximate surface area is 91.5 Å². The minimum absolute atomic E-state index is 0.111. The lowest BCUT2D eigenvalue weighted by Gasteiger charge is -2.43. The molecule has 2 N–H and O–H groups in total. The first-order valence-electron chi connectivity index (χ1n) is 5.79. The van der Waals surface area contributed by atoms with E-state index in [1.165, 1.54) is 0 Å². The molecule has 3 heteroatoms. The van der Waals surface area contributed by atoms with E-state index in [1.54, 1.807) is 0 Å². The van der Waals surface area contributed by atoms with Gasteiger partial charge in [-0.25, -0.2) is 0 Å². The van der Waals surface area contributed by atoms with Gasteiger partial charge in [-0.05, 0) is 30.6 Å². The standard InChI is InChI=1S/C12H22O3/c1-8(2)10-5-4-9(3)6-12(10,15)7-11(13)14/h8-10,15H,4-7H2,1-3H3,(H,13,14). The highest BCUT2D eigenvalue weighted by molar-refractivity contribution is 5.68. The summed E-state index contributed by atoms with van der Waals surface area (Å²) in [6.07, 6.45) is 2.57. The fraction of sp³-hybridized carbons (Fsp3) is 0.917. The van der Waals surface area contributed by atoms with Crippen LogP contribution in [0.2, 0.25) is 0 Å². The van der Waals surface area contributed by atoms with Crippen molar-refractivity contribution in [3.8, 4) is 0 Å². The highest BCUT2D eigenvalue weighted by Gasteiger charge is 2.43. The third-order valence-corrected chi connectivity index (χ3v) is 3.62. The summed E-state index contributed by atoms with van der Waals surface area (Å²) >= 11 is 0. The van der Waals surface area contributed by atoms with Crippen LogP contribution in [0.1, 0.15) is 46.5 Å². The van der Waals surface area contributed by atoms with Crippen molar-refractivity contribution in [1.82, 2.24) is 0 Å². The van der Waals surface area contributed by atoms with Crippen molar-refractivity contribution >= 4 is 5.97 Å². The predicted octanol–water partition coefficient (Wildman–Crippen LogP) is 2.28. The Balaban J connectivity index is 2.80. The average Bonchev–Trinajstić information content (AvgIpc) is 1.99. The van der Waals surface area contributed by atoms with E-state index in [-0.39, 0.29) is 12.3 Å². The molecule has 0 radical (unpaired) electrons. The van der Waals surface area contributed by atoms with Gasteiger partial charge in [0.1, 0.15) is 0 Å². The van der Waals surface area contributed by atoms with Crippen LogP contribution in [0.15, 0.2) is 0 Å². The van der Waals surface area contributed by atoms with Gasteiger partial charge in [0.25, 0.3) is 0 Å². The lowest BCUT2D eigenvalue weighted by Crippen LogP contribution is -2.46. The summed E-state index contributed by atoms with van der Waals surface area (Å²) in [4.78, 5) is 10.8. The fourth-order valence-corrected chi connectivity index (χ4v) is 3.01. The van der Waals surface area contributed by atoms with E-state index in [0.29, 0.717) is 18.3 Å². The van der Waals surface area contributed by atoms with Gasteiger partial charge in [0.05, 0.1) is 12.0 Å². The van der Waals surface area contributed by atoms with Crippen LogP contribution < -0.4 is 0 Å². The molecule has 0 saturated heterocycles. The monoisotopic (exact) mass is 214 g/mol. The topological polar surface area (TPSA) is 57.5 Å². The molecular formula is C12H22O3. The molecule has 15 heavy (non-hydrogen) atoms. The molecule has 0 aromatic carbocycles. The predicted molar refractivity (Wildman–Crippen MR) is 58.5 cm³/mol. The van der Waals surface area contributed by atoms with E-state index >= 15 is 0 Å². The Morgan fingerprint density at radius 3 is 2.53 bits per heavy atom. The van der Waals surface area contributed by atoms with Crippen molar-refractivity contribution in [1.29, 1.82) is 0 Å². The highest BCUT2D eigenvalue weighted by Crippen LogP contribution is 2.42. The van der Waals surface area contributed by atoms with E-state index in [2.05, 4.69) is 20.8 Å². The lowest BCUT2D eigenvalue weighted by molar-refractivity contribution is -0.150. The molecule has 3 atom stereocenters. The molecule has 0 amide bonds. The molecule has 1 aliphatic carbocycles. The van der Waals surface area contributed by atoms with Crippen LogP contribution in [0.25, 0.3) is 0 Å². The van der Waals surface area contributed by atoms with Crippen LogP contribution >= 0.6 is 0 Å². The minimum atomic E-state index is -0.988. The Morgan fingerprint density at radius 2 is 2.07 bits per heavy atom. The maximum Gasteiger partial charge on any atom is 0.306 e. The molecule has 0 bridgehead atoms.